The van der Waals surface area contributed by atoms with Crippen molar-refractivity contribution in [3.8, 4) is 0 Å². The van der Waals surface area contributed by atoms with Crippen LogP contribution in [-0.4, -0.2) is 49.7 Å². The quantitative estimate of drug-likeness (QED) is 0.656. The van der Waals surface area contributed by atoms with Crippen LogP contribution < -0.4 is 10.2 Å². The van der Waals surface area contributed by atoms with E-state index in [1.807, 2.05) is 0 Å². The van der Waals surface area contributed by atoms with E-state index in [1.165, 1.54) is 6.07 Å². The van der Waals surface area contributed by atoms with Crippen molar-refractivity contribution in [1.82, 2.24) is 0 Å². The third kappa shape index (κ3) is 2.77. The van der Waals surface area contributed by atoms with Crippen molar-refractivity contribution in [2.24, 2.45) is 0 Å². The number of carbonyl (C=O) groups excluding carboxylic acids is 2. The summed E-state index contributed by atoms with van der Waals surface area (Å²) >= 11 is 0. The number of rotatable bonds is 2. The second kappa shape index (κ2) is 5.49. The molecule has 80 valence electrons. The van der Waals surface area contributed by atoms with Gasteiger partial charge in [0.1, 0.15) is 0 Å². The molecule has 0 amide bonds. The van der Waals surface area contributed by atoms with E-state index in [1.54, 1.807) is 24.3 Å². The van der Waals surface area contributed by atoms with Crippen LogP contribution >= 0.6 is 0 Å². The molecule has 0 aliphatic rings. The van der Waals surface area contributed by atoms with E-state index in [2.05, 4.69) is 0 Å². The molecule has 0 saturated heterocycles. The van der Waals surface area contributed by atoms with E-state index >= 15 is 0 Å². The molecular formula is C12H6CaO4. The fraction of sp³-hybridized carbons (Fsp3) is 0. The molecule has 2 aromatic carbocycles. The molecule has 0 radical (unpaired) electrons. The summed E-state index contributed by atoms with van der Waals surface area (Å²) in [7, 11) is 0. The Morgan fingerprint density at radius 2 is 1.59 bits per heavy atom. The maximum absolute atomic E-state index is 10.9. The predicted molar refractivity (Wildman–Crippen MR) is 58.4 cm³/mol. The van der Waals surface area contributed by atoms with Crippen LogP contribution in [0.4, 0.5) is 0 Å². The standard InChI is InChI=1S/C12H8O4.Ca/c13-11(14)8-5-7-3-1-2-4-9(7)10(6-8)12(15)16;/h1-6H,(H,13,14)(H,15,16);/q;+2/p-2. The third-order valence-corrected chi connectivity index (χ3v) is 2.32. The smallest absolute Gasteiger partial charge is 0.545 e. The maximum Gasteiger partial charge on any atom is 2.00 e. The first-order valence-electron chi connectivity index (χ1n) is 4.55. The number of carboxylic acids is 2. The van der Waals surface area contributed by atoms with E-state index in [0.29, 0.717) is 10.8 Å². The summed E-state index contributed by atoms with van der Waals surface area (Å²) in [5.41, 5.74) is -0.310. The summed E-state index contributed by atoms with van der Waals surface area (Å²) in [4.78, 5) is 21.6. The second-order valence-corrected chi connectivity index (χ2v) is 3.32. The van der Waals surface area contributed by atoms with E-state index in [9.17, 15) is 19.8 Å². The molecule has 4 nitrogen and oxygen atoms in total. The Morgan fingerprint density at radius 1 is 0.941 bits per heavy atom. The van der Waals surface area contributed by atoms with Crippen molar-refractivity contribution in [2.45, 2.75) is 0 Å². The number of benzene rings is 2. The molecule has 5 heteroatoms. The van der Waals surface area contributed by atoms with E-state index in [4.69, 9.17) is 0 Å². The summed E-state index contributed by atoms with van der Waals surface area (Å²) < 4.78 is 0. The van der Waals surface area contributed by atoms with Crippen LogP contribution in [-0.2, 0) is 0 Å². The van der Waals surface area contributed by atoms with E-state index in [-0.39, 0.29) is 48.9 Å². The average molecular weight is 254 g/mol. The molecule has 0 N–H and O–H groups in total. The van der Waals surface area contributed by atoms with Gasteiger partial charge in [0.25, 0.3) is 0 Å². The van der Waals surface area contributed by atoms with Crippen molar-refractivity contribution in [1.29, 1.82) is 0 Å². The van der Waals surface area contributed by atoms with Gasteiger partial charge in [0.2, 0.25) is 0 Å². The number of fused-ring (bicyclic) bond motifs is 1. The zero-order valence-electron chi connectivity index (χ0n) is 8.80. The van der Waals surface area contributed by atoms with Gasteiger partial charge < -0.3 is 19.8 Å². The van der Waals surface area contributed by atoms with Gasteiger partial charge in [0, 0.05) is 5.56 Å². The molecule has 0 spiro atoms. The molecule has 0 aromatic heterocycles. The fourth-order valence-corrected chi connectivity index (χ4v) is 1.60. The first-order valence-corrected chi connectivity index (χ1v) is 4.55. The Kier molecular flexibility index (Phi) is 4.51. The summed E-state index contributed by atoms with van der Waals surface area (Å²) in [6.07, 6.45) is 0. The van der Waals surface area contributed by atoms with Crippen LogP contribution in [0.1, 0.15) is 20.7 Å². The van der Waals surface area contributed by atoms with Crippen LogP contribution in [0, 0.1) is 0 Å². The van der Waals surface area contributed by atoms with Crippen molar-refractivity contribution in [2.75, 3.05) is 0 Å². The number of carbonyl (C=O) groups is 2. The zero-order valence-corrected chi connectivity index (χ0v) is 11.0. The molecule has 0 aliphatic carbocycles. The maximum atomic E-state index is 10.9. The Bertz CT molecular complexity index is 592. The molecule has 2 aromatic rings. The summed E-state index contributed by atoms with van der Waals surface area (Å²) in [6.45, 7) is 0. The summed E-state index contributed by atoms with van der Waals surface area (Å²) in [6, 6.07) is 9.02. The number of aromatic carboxylic acids is 2. The topological polar surface area (TPSA) is 80.3 Å². The van der Waals surface area contributed by atoms with Crippen molar-refractivity contribution in [3.63, 3.8) is 0 Å². The minimum Gasteiger partial charge on any atom is -0.545 e. The number of carboxylic acid groups (broad SMARTS) is 2. The van der Waals surface area contributed by atoms with Crippen LogP contribution in [0.15, 0.2) is 36.4 Å². The van der Waals surface area contributed by atoms with Gasteiger partial charge in [-0.1, -0.05) is 24.3 Å². The van der Waals surface area contributed by atoms with Crippen molar-refractivity contribution in [3.05, 3.63) is 47.5 Å². The van der Waals surface area contributed by atoms with Gasteiger partial charge >= 0.3 is 37.7 Å². The molecule has 0 bridgehead atoms. The van der Waals surface area contributed by atoms with Gasteiger partial charge in [-0.2, -0.15) is 0 Å². The third-order valence-electron chi connectivity index (χ3n) is 2.32. The van der Waals surface area contributed by atoms with Gasteiger partial charge in [0.05, 0.1) is 11.9 Å². The molecule has 0 heterocycles. The van der Waals surface area contributed by atoms with Gasteiger partial charge in [-0.25, -0.2) is 0 Å². The molecule has 0 fully saturated rings. The molecule has 0 saturated carbocycles. The van der Waals surface area contributed by atoms with Crippen molar-refractivity contribution >= 4 is 60.4 Å². The van der Waals surface area contributed by atoms with E-state index in [0.717, 1.165) is 6.07 Å². The molecule has 0 aliphatic heterocycles. The van der Waals surface area contributed by atoms with Gasteiger partial charge in [-0.15, -0.1) is 0 Å². The van der Waals surface area contributed by atoms with Crippen LogP contribution in [0.3, 0.4) is 0 Å². The minimum absolute atomic E-state index is 0. The van der Waals surface area contributed by atoms with E-state index < -0.39 is 11.9 Å². The normalized spacial score (nSPS) is 9.65. The largest absolute Gasteiger partial charge is 2.00 e. The van der Waals surface area contributed by atoms with Gasteiger partial charge in [-0.05, 0) is 28.5 Å². The Labute approximate surface area is 127 Å². The molecule has 0 unspecified atom stereocenters. The average Bonchev–Trinajstić information content (AvgIpc) is 2.27. The number of hydrogen-bond donors (Lipinski definition) is 0. The second-order valence-electron chi connectivity index (χ2n) is 3.32. The molecule has 17 heavy (non-hydrogen) atoms. The monoisotopic (exact) mass is 254 g/mol. The Morgan fingerprint density at radius 3 is 2.18 bits per heavy atom. The summed E-state index contributed by atoms with van der Waals surface area (Å²) in [5, 5.41) is 22.5. The minimum atomic E-state index is -1.41. The fourth-order valence-electron chi connectivity index (χ4n) is 1.60. The van der Waals surface area contributed by atoms with Crippen LogP contribution in [0.5, 0.6) is 0 Å². The molecule has 2 rings (SSSR count). The zero-order chi connectivity index (χ0) is 11.7. The van der Waals surface area contributed by atoms with Crippen LogP contribution in [0.2, 0.25) is 0 Å². The first kappa shape index (κ1) is 14.0. The van der Waals surface area contributed by atoms with Crippen LogP contribution in [0.25, 0.3) is 10.8 Å². The Hall–Kier alpha value is -1.10. The molecule has 0 atom stereocenters. The number of hydrogen-bond acceptors (Lipinski definition) is 4. The first-order chi connectivity index (χ1) is 7.59. The van der Waals surface area contributed by atoms with Gasteiger partial charge in [0.15, 0.2) is 0 Å². The SMILES string of the molecule is O=C([O-])c1cc(C(=O)[O-])c2ccccc2c1.[Ca+2]. The van der Waals surface area contributed by atoms with Gasteiger partial charge in [-0.3, -0.25) is 0 Å². The predicted octanol–water partition coefficient (Wildman–Crippen LogP) is -0.814. The summed E-state index contributed by atoms with van der Waals surface area (Å²) in [5.74, 6) is -2.81. The van der Waals surface area contributed by atoms with Crippen molar-refractivity contribution < 1.29 is 19.8 Å². The Balaban J connectivity index is 0.00000144. The molecular weight excluding hydrogens is 248 g/mol.